The molecular formula is C19H34IN3O3S. The monoisotopic (exact) mass is 511 g/mol. The normalized spacial score (nSPS) is 13.1. The van der Waals surface area contributed by atoms with E-state index >= 15 is 0 Å². The number of guanidine groups is 1. The first-order valence-electron chi connectivity index (χ1n) is 9.32. The first-order valence-corrected chi connectivity index (χ1v) is 11.0. The van der Waals surface area contributed by atoms with E-state index in [4.69, 9.17) is 4.74 Å². The maximum absolute atomic E-state index is 12.3. The van der Waals surface area contributed by atoms with Crippen LogP contribution < -0.4 is 10.6 Å². The molecule has 1 aromatic carbocycles. The summed E-state index contributed by atoms with van der Waals surface area (Å²) in [5.41, 5.74) is 0. The Morgan fingerprint density at radius 2 is 1.81 bits per heavy atom. The molecule has 0 amide bonds. The zero-order valence-electron chi connectivity index (χ0n) is 16.8. The van der Waals surface area contributed by atoms with Crippen LogP contribution in [0.25, 0.3) is 0 Å². The quantitative estimate of drug-likeness (QED) is 0.271. The zero-order chi connectivity index (χ0) is 19.4. The molecule has 0 aromatic heterocycles. The highest BCUT2D eigenvalue weighted by molar-refractivity contribution is 14.0. The van der Waals surface area contributed by atoms with Gasteiger partial charge in [-0.3, -0.25) is 4.99 Å². The fourth-order valence-corrected chi connectivity index (χ4v) is 3.70. The summed E-state index contributed by atoms with van der Waals surface area (Å²) in [6.45, 7) is 10.6. The molecule has 0 heterocycles. The highest BCUT2D eigenvalue weighted by atomic mass is 127. The fraction of sp³-hybridized carbons (Fsp3) is 0.632. The van der Waals surface area contributed by atoms with E-state index in [1.807, 2.05) is 13.8 Å². The third kappa shape index (κ3) is 10.3. The number of hydrogen-bond donors (Lipinski definition) is 2. The molecule has 0 saturated carbocycles. The van der Waals surface area contributed by atoms with Crippen LogP contribution in [0.4, 0.5) is 0 Å². The third-order valence-electron chi connectivity index (χ3n) is 3.92. The fourth-order valence-electron chi connectivity index (χ4n) is 2.52. The van der Waals surface area contributed by atoms with Gasteiger partial charge in [-0.1, -0.05) is 32.0 Å². The molecule has 1 aromatic rings. The van der Waals surface area contributed by atoms with Crippen molar-refractivity contribution in [3.63, 3.8) is 0 Å². The molecule has 2 N–H and O–H groups in total. The van der Waals surface area contributed by atoms with E-state index in [1.165, 1.54) is 0 Å². The summed E-state index contributed by atoms with van der Waals surface area (Å²) in [7, 11) is -3.29. The van der Waals surface area contributed by atoms with Gasteiger partial charge >= 0.3 is 0 Å². The van der Waals surface area contributed by atoms with Gasteiger partial charge < -0.3 is 15.4 Å². The smallest absolute Gasteiger partial charge is 0.191 e. The molecule has 1 rings (SSSR count). The van der Waals surface area contributed by atoms with Crippen LogP contribution in [0, 0.1) is 5.92 Å². The average molecular weight is 511 g/mol. The van der Waals surface area contributed by atoms with Gasteiger partial charge in [-0.15, -0.1) is 24.0 Å². The topological polar surface area (TPSA) is 79.8 Å². The van der Waals surface area contributed by atoms with Gasteiger partial charge in [0.2, 0.25) is 0 Å². The summed E-state index contributed by atoms with van der Waals surface area (Å²) in [6.07, 6.45) is 1.02. The van der Waals surface area contributed by atoms with Crippen LogP contribution in [-0.4, -0.2) is 52.5 Å². The van der Waals surface area contributed by atoms with Crippen LogP contribution in [-0.2, 0) is 14.6 Å². The van der Waals surface area contributed by atoms with Crippen molar-refractivity contribution in [3.8, 4) is 0 Å². The van der Waals surface area contributed by atoms with Gasteiger partial charge in [-0.25, -0.2) is 8.42 Å². The second-order valence-corrected chi connectivity index (χ2v) is 8.45. The number of hydrogen-bond acceptors (Lipinski definition) is 4. The average Bonchev–Trinajstić information content (AvgIpc) is 2.61. The van der Waals surface area contributed by atoms with Crippen molar-refractivity contribution in [1.82, 2.24) is 10.6 Å². The van der Waals surface area contributed by atoms with Crippen molar-refractivity contribution in [2.75, 3.05) is 32.0 Å². The molecule has 0 aliphatic heterocycles. The number of aliphatic imine (C=N–C) groups is 1. The lowest BCUT2D eigenvalue weighted by atomic mass is 10.0. The SMILES string of the molecule is CCNC(=NCCC(OCC)C(C)C)NCCS(=O)(=O)c1ccccc1.I. The van der Waals surface area contributed by atoms with Crippen molar-refractivity contribution in [2.24, 2.45) is 10.9 Å². The second-order valence-electron chi connectivity index (χ2n) is 6.35. The van der Waals surface area contributed by atoms with Gasteiger partial charge in [-0.2, -0.15) is 0 Å². The van der Waals surface area contributed by atoms with Crippen LogP contribution in [0.1, 0.15) is 34.1 Å². The summed E-state index contributed by atoms with van der Waals surface area (Å²) in [6, 6.07) is 8.51. The van der Waals surface area contributed by atoms with Crippen LogP contribution in [0.2, 0.25) is 0 Å². The van der Waals surface area contributed by atoms with Crippen molar-refractivity contribution in [1.29, 1.82) is 0 Å². The highest BCUT2D eigenvalue weighted by Gasteiger charge is 2.14. The molecule has 0 fully saturated rings. The van der Waals surface area contributed by atoms with E-state index < -0.39 is 9.84 Å². The Morgan fingerprint density at radius 3 is 2.37 bits per heavy atom. The maximum Gasteiger partial charge on any atom is 0.191 e. The van der Waals surface area contributed by atoms with Crippen LogP contribution in [0.15, 0.2) is 40.2 Å². The molecule has 0 aliphatic rings. The van der Waals surface area contributed by atoms with E-state index in [9.17, 15) is 8.42 Å². The van der Waals surface area contributed by atoms with Crippen molar-refractivity contribution < 1.29 is 13.2 Å². The van der Waals surface area contributed by atoms with Crippen LogP contribution >= 0.6 is 24.0 Å². The van der Waals surface area contributed by atoms with Gasteiger partial charge in [0, 0.05) is 26.2 Å². The largest absolute Gasteiger partial charge is 0.378 e. The molecule has 6 nitrogen and oxygen atoms in total. The number of nitrogens with one attached hydrogen (secondary N) is 2. The van der Waals surface area contributed by atoms with Crippen molar-refractivity contribution in [3.05, 3.63) is 30.3 Å². The Balaban J connectivity index is 0.00000676. The van der Waals surface area contributed by atoms with Crippen LogP contribution in [0.3, 0.4) is 0 Å². The Labute approximate surface area is 181 Å². The first kappa shape index (κ1) is 26.1. The number of halogens is 1. The van der Waals surface area contributed by atoms with Gasteiger partial charge in [0.25, 0.3) is 0 Å². The Bertz CT molecular complexity index is 637. The molecule has 1 unspecified atom stereocenters. The Morgan fingerprint density at radius 1 is 1.15 bits per heavy atom. The van der Waals surface area contributed by atoms with Crippen molar-refractivity contribution >= 4 is 39.8 Å². The van der Waals surface area contributed by atoms with E-state index in [0.29, 0.717) is 36.5 Å². The Hall–Kier alpha value is -0.870. The maximum atomic E-state index is 12.3. The summed E-state index contributed by atoms with van der Waals surface area (Å²) in [5.74, 6) is 1.10. The van der Waals surface area contributed by atoms with Gasteiger partial charge in [0.05, 0.1) is 16.8 Å². The molecule has 0 spiro atoms. The summed E-state index contributed by atoms with van der Waals surface area (Å²) >= 11 is 0. The van der Waals surface area contributed by atoms with E-state index in [1.54, 1.807) is 30.3 Å². The summed E-state index contributed by atoms with van der Waals surface area (Å²) in [4.78, 5) is 4.88. The molecule has 0 aliphatic carbocycles. The standard InChI is InChI=1S/C19H33N3O3S.HI/c1-5-20-19(21-13-12-18(16(3)4)25-6-2)22-14-15-26(23,24)17-10-8-7-9-11-17;/h7-11,16,18H,5-6,12-15H2,1-4H3,(H2,20,21,22);1H. The third-order valence-corrected chi connectivity index (χ3v) is 5.65. The number of nitrogens with zero attached hydrogens (tertiary/aromatic N) is 1. The number of ether oxygens (including phenoxy) is 1. The number of benzene rings is 1. The molecule has 27 heavy (non-hydrogen) atoms. The van der Waals surface area contributed by atoms with Gasteiger partial charge in [0.1, 0.15) is 0 Å². The minimum Gasteiger partial charge on any atom is -0.378 e. The number of rotatable bonds is 11. The predicted octanol–water partition coefficient (Wildman–Crippen LogP) is 3.08. The molecular weight excluding hydrogens is 477 g/mol. The first-order chi connectivity index (χ1) is 12.4. The molecule has 1 atom stereocenters. The highest BCUT2D eigenvalue weighted by Crippen LogP contribution is 2.11. The van der Waals surface area contributed by atoms with Gasteiger partial charge in [0.15, 0.2) is 15.8 Å². The van der Waals surface area contributed by atoms with E-state index in [-0.39, 0.29) is 35.8 Å². The van der Waals surface area contributed by atoms with E-state index in [2.05, 4.69) is 29.5 Å². The van der Waals surface area contributed by atoms with E-state index in [0.717, 1.165) is 13.0 Å². The minimum absolute atomic E-state index is 0. The molecule has 0 bridgehead atoms. The molecule has 0 saturated heterocycles. The molecule has 8 heteroatoms. The lowest BCUT2D eigenvalue weighted by molar-refractivity contribution is 0.0266. The lowest BCUT2D eigenvalue weighted by Crippen LogP contribution is -2.39. The summed E-state index contributed by atoms with van der Waals surface area (Å²) < 4.78 is 30.3. The Kier molecular flexibility index (Phi) is 13.7. The predicted molar refractivity (Wildman–Crippen MR) is 123 cm³/mol. The molecule has 0 radical (unpaired) electrons. The molecule has 156 valence electrons. The van der Waals surface area contributed by atoms with Crippen LogP contribution in [0.5, 0.6) is 0 Å². The van der Waals surface area contributed by atoms with Crippen molar-refractivity contribution in [2.45, 2.75) is 45.1 Å². The second kappa shape index (κ2) is 14.2. The summed E-state index contributed by atoms with van der Waals surface area (Å²) in [5, 5.41) is 6.25. The minimum atomic E-state index is -3.29. The zero-order valence-corrected chi connectivity index (χ0v) is 19.9. The number of sulfone groups is 1. The lowest BCUT2D eigenvalue weighted by Gasteiger charge is -2.20. The van der Waals surface area contributed by atoms with Gasteiger partial charge in [-0.05, 0) is 38.3 Å².